The molecule has 1 aromatic rings. The van der Waals surface area contributed by atoms with Crippen LogP contribution in [0.15, 0.2) is 30.3 Å². The number of benzene rings is 1. The number of hydrogen-bond acceptors (Lipinski definition) is 3. The summed E-state index contributed by atoms with van der Waals surface area (Å²) in [6, 6.07) is 10.7. The van der Waals surface area contributed by atoms with Crippen molar-refractivity contribution in [1.29, 1.82) is 0 Å². The Morgan fingerprint density at radius 3 is 2.58 bits per heavy atom. The van der Waals surface area contributed by atoms with E-state index in [0.717, 1.165) is 45.3 Å². The summed E-state index contributed by atoms with van der Waals surface area (Å²) in [5.41, 5.74) is 1.32. The maximum atomic E-state index is 12.6. The molecule has 3 saturated heterocycles. The molecule has 0 radical (unpaired) electrons. The number of carbonyl (C=O) groups excluding carboxylic acids is 2. The molecule has 24 heavy (non-hydrogen) atoms. The van der Waals surface area contributed by atoms with Gasteiger partial charge in [0.1, 0.15) is 6.04 Å². The van der Waals surface area contributed by atoms with Crippen molar-refractivity contribution in [3.05, 3.63) is 35.9 Å². The molecule has 1 aromatic carbocycles. The van der Waals surface area contributed by atoms with Crippen LogP contribution >= 0.6 is 0 Å². The van der Waals surface area contributed by atoms with Crippen LogP contribution in [0.2, 0.25) is 0 Å². The minimum Gasteiger partial charge on any atom is -0.312 e. The van der Waals surface area contributed by atoms with Crippen molar-refractivity contribution in [2.75, 3.05) is 13.1 Å². The van der Waals surface area contributed by atoms with Crippen molar-refractivity contribution in [1.82, 2.24) is 14.7 Å². The van der Waals surface area contributed by atoms with E-state index in [1.807, 2.05) is 6.07 Å². The summed E-state index contributed by atoms with van der Waals surface area (Å²) in [6.07, 6.45) is 3.56. The van der Waals surface area contributed by atoms with Crippen LogP contribution in [0.4, 0.5) is 4.79 Å². The highest BCUT2D eigenvalue weighted by molar-refractivity contribution is 6.04. The molecule has 0 saturated carbocycles. The Morgan fingerprint density at radius 1 is 1.08 bits per heavy atom. The Labute approximate surface area is 143 Å². The minimum absolute atomic E-state index is 0.0452. The van der Waals surface area contributed by atoms with Gasteiger partial charge in [-0.2, -0.15) is 0 Å². The quantitative estimate of drug-likeness (QED) is 0.801. The van der Waals surface area contributed by atoms with Gasteiger partial charge in [-0.05, 0) is 38.2 Å². The van der Waals surface area contributed by atoms with Gasteiger partial charge in [-0.3, -0.25) is 14.6 Å². The first-order valence-electron chi connectivity index (χ1n) is 9.07. The predicted octanol–water partition coefficient (Wildman–Crippen LogP) is 2.47. The zero-order valence-electron chi connectivity index (χ0n) is 14.2. The fourth-order valence-corrected chi connectivity index (χ4v) is 4.46. The molecule has 0 N–H and O–H groups in total. The van der Waals surface area contributed by atoms with Gasteiger partial charge >= 0.3 is 6.03 Å². The van der Waals surface area contributed by atoms with E-state index in [2.05, 4.69) is 36.1 Å². The number of fused-ring (bicyclic) bond motifs is 1. The standard InChI is InChI=1S/C19H25N3O2/c1-14-12-16(9-11-20(14)13-15-6-3-2-4-7-15)22-18(23)17-8-5-10-21(17)19(22)24/h2-4,6-7,14,16-17H,5,8-13H2,1H3/t14-,16-,17-/m0/s1. The summed E-state index contributed by atoms with van der Waals surface area (Å²) in [6.45, 7) is 4.82. The molecule has 3 atom stereocenters. The van der Waals surface area contributed by atoms with Crippen molar-refractivity contribution >= 4 is 11.9 Å². The maximum Gasteiger partial charge on any atom is 0.327 e. The zero-order valence-corrected chi connectivity index (χ0v) is 14.2. The summed E-state index contributed by atoms with van der Waals surface area (Å²) < 4.78 is 0. The van der Waals surface area contributed by atoms with E-state index in [1.54, 1.807) is 9.80 Å². The van der Waals surface area contributed by atoms with Crippen molar-refractivity contribution in [2.45, 2.75) is 57.3 Å². The highest BCUT2D eigenvalue weighted by Crippen LogP contribution is 2.32. The lowest BCUT2D eigenvalue weighted by Gasteiger charge is -2.40. The average molecular weight is 327 g/mol. The van der Waals surface area contributed by atoms with Gasteiger partial charge in [0.25, 0.3) is 5.91 Å². The number of rotatable bonds is 3. The molecule has 3 amide bonds. The lowest BCUT2D eigenvalue weighted by Crippen LogP contribution is -2.51. The summed E-state index contributed by atoms with van der Waals surface area (Å²) in [4.78, 5) is 31.0. The number of likely N-dealkylation sites (tertiary alicyclic amines) is 1. The van der Waals surface area contributed by atoms with E-state index in [4.69, 9.17) is 0 Å². The topological polar surface area (TPSA) is 43.9 Å². The molecule has 0 bridgehead atoms. The smallest absolute Gasteiger partial charge is 0.312 e. The number of imide groups is 1. The number of amides is 3. The summed E-state index contributed by atoms with van der Waals surface area (Å²) in [7, 11) is 0. The molecule has 0 aromatic heterocycles. The fraction of sp³-hybridized carbons (Fsp3) is 0.579. The first-order valence-corrected chi connectivity index (χ1v) is 9.07. The van der Waals surface area contributed by atoms with Crippen LogP contribution in [0.1, 0.15) is 38.2 Å². The lowest BCUT2D eigenvalue weighted by molar-refractivity contribution is -0.130. The van der Waals surface area contributed by atoms with Crippen molar-refractivity contribution < 1.29 is 9.59 Å². The van der Waals surface area contributed by atoms with Crippen LogP contribution in [-0.2, 0) is 11.3 Å². The van der Waals surface area contributed by atoms with Crippen molar-refractivity contribution in [3.63, 3.8) is 0 Å². The zero-order chi connectivity index (χ0) is 16.7. The second-order valence-corrected chi connectivity index (χ2v) is 7.33. The molecule has 4 rings (SSSR count). The van der Waals surface area contributed by atoms with Gasteiger partial charge in [-0.15, -0.1) is 0 Å². The third-order valence-electron chi connectivity index (χ3n) is 5.81. The van der Waals surface area contributed by atoms with Gasteiger partial charge in [-0.25, -0.2) is 4.79 Å². The normalized spacial score (nSPS) is 31.0. The minimum atomic E-state index is -0.171. The average Bonchev–Trinajstić information content (AvgIpc) is 3.15. The Bertz CT molecular complexity index is 611. The molecule has 5 heteroatoms. The number of carbonyl (C=O) groups is 2. The third-order valence-corrected chi connectivity index (χ3v) is 5.81. The monoisotopic (exact) mass is 327 g/mol. The number of urea groups is 1. The van der Waals surface area contributed by atoms with Gasteiger partial charge in [-0.1, -0.05) is 30.3 Å². The van der Waals surface area contributed by atoms with Gasteiger partial charge in [0.2, 0.25) is 0 Å². The van der Waals surface area contributed by atoms with Crippen LogP contribution in [0.25, 0.3) is 0 Å². The Kier molecular flexibility index (Phi) is 4.04. The molecule has 3 fully saturated rings. The van der Waals surface area contributed by atoms with Crippen LogP contribution in [0, 0.1) is 0 Å². The van der Waals surface area contributed by atoms with Crippen LogP contribution in [0.5, 0.6) is 0 Å². The molecule has 5 nitrogen and oxygen atoms in total. The Hall–Kier alpha value is -1.88. The molecule has 0 spiro atoms. The first kappa shape index (κ1) is 15.6. The molecule has 3 heterocycles. The van der Waals surface area contributed by atoms with Gasteiger partial charge < -0.3 is 4.90 Å². The highest BCUT2D eigenvalue weighted by atomic mass is 16.2. The molecule has 0 aliphatic carbocycles. The SMILES string of the molecule is C[C@H]1C[C@@H](N2C(=O)[C@@H]3CCCN3C2=O)CCN1Cc1ccccc1. The number of hydrogen-bond donors (Lipinski definition) is 0. The highest BCUT2D eigenvalue weighted by Gasteiger charge is 2.50. The van der Waals surface area contributed by atoms with E-state index in [9.17, 15) is 9.59 Å². The summed E-state index contributed by atoms with van der Waals surface area (Å²) >= 11 is 0. The van der Waals surface area contributed by atoms with Gasteiger partial charge in [0.05, 0.1) is 0 Å². The van der Waals surface area contributed by atoms with E-state index in [0.29, 0.717) is 6.04 Å². The molecule has 0 unspecified atom stereocenters. The summed E-state index contributed by atoms with van der Waals surface area (Å²) in [5.74, 6) is 0.0474. The fourth-order valence-electron chi connectivity index (χ4n) is 4.46. The first-order chi connectivity index (χ1) is 11.6. The van der Waals surface area contributed by atoms with E-state index in [1.165, 1.54) is 5.56 Å². The van der Waals surface area contributed by atoms with E-state index in [-0.39, 0.29) is 24.0 Å². The predicted molar refractivity (Wildman–Crippen MR) is 91.3 cm³/mol. The van der Waals surface area contributed by atoms with Crippen LogP contribution < -0.4 is 0 Å². The van der Waals surface area contributed by atoms with Crippen LogP contribution in [0.3, 0.4) is 0 Å². The molecule has 128 valence electrons. The largest absolute Gasteiger partial charge is 0.327 e. The maximum absolute atomic E-state index is 12.6. The lowest BCUT2D eigenvalue weighted by atomic mass is 9.96. The molecule has 3 aliphatic rings. The molecular formula is C19H25N3O2. The van der Waals surface area contributed by atoms with Crippen molar-refractivity contribution in [3.8, 4) is 0 Å². The Balaban J connectivity index is 1.41. The van der Waals surface area contributed by atoms with Gasteiger partial charge in [0.15, 0.2) is 0 Å². The van der Waals surface area contributed by atoms with E-state index >= 15 is 0 Å². The molecular weight excluding hydrogens is 302 g/mol. The van der Waals surface area contributed by atoms with Crippen molar-refractivity contribution in [2.24, 2.45) is 0 Å². The second-order valence-electron chi connectivity index (χ2n) is 7.33. The number of nitrogens with zero attached hydrogens (tertiary/aromatic N) is 3. The Morgan fingerprint density at radius 2 is 1.88 bits per heavy atom. The van der Waals surface area contributed by atoms with Gasteiger partial charge in [0, 0.05) is 31.7 Å². The third kappa shape index (κ3) is 2.61. The molecule has 3 aliphatic heterocycles. The number of piperidine rings is 1. The van der Waals surface area contributed by atoms with Crippen LogP contribution in [-0.4, -0.2) is 57.9 Å². The second kappa shape index (κ2) is 6.20. The van der Waals surface area contributed by atoms with E-state index < -0.39 is 0 Å². The summed E-state index contributed by atoms with van der Waals surface area (Å²) in [5, 5.41) is 0.